The van der Waals surface area contributed by atoms with Crippen LogP contribution in [0.5, 0.6) is 0 Å². The van der Waals surface area contributed by atoms with Crippen LogP contribution in [0, 0.1) is 11.2 Å². The molecule has 3 N–H and O–H groups in total. The molecule has 4 heterocycles. The molecule has 15 heteroatoms. The van der Waals surface area contributed by atoms with Gasteiger partial charge in [-0.1, -0.05) is 5.16 Å². The fourth-order valence-corrected chi connectivity index (χ4v) is 6.47. The van der Waals surface area contributed by atoms with Crippen LogP contribution in [0.1, 0.15) is 29.9 Å². The Kier molecular flexibility index (Phi) is 7.48. The maximum atomic E-state index is 16.3. The number of imide groups is 2. The number of aromatic nitrogens is 1. The molecule has 0 saturated carbocycles. The largest absolute Gasteiger partial charge is 0.382 e. The molecule has 14 nitrogen and oxygen atoms in total. The topological polar surface area (TPSA) is 171 Å². The molecule has 5 rings (SSSR count). The molecule has 5 amide bonds. The molecule has 3 aliphatic heterocycles. The number of fused-ring (bicyclic) bond motifs is 5. The molecule has 0 unspecified atom stereocenters. The van der Waals surface area contributed by atoms with E-state index in [1.165, 1.54) is 27.4 Å². The lowest BCUT2D eigenvalue weighted by Crippen LogP contribution is -2.75. The summed E-state index contributed by atoms with van der Waals surface area (Å²) in [5.74, 6) is -3.13. The number of nitrogens with zero attached hydrogens (tertiary/aromatic N) is 2. The number of morpholine rings is 1. The average molecular weight is 578 g/mol. The van der Waals surface area contributed by atoms with Crippen LogP contribution in [0.15, 0.2) is 10.6 Å². The molecular formula is C26H32FN5O9. The monoisotopic (exact) mass is 577 g/mol. The van der Waals surface area contributed by atoms with Gasteiger partial charge in [-0.15, -0.1) is 0 Å². The normalized spacial score (nSPS) is 23.7. The quantitative estimate of drug-likeness (QED) is 0.368. The fourth-order valence-electron chi connectivity index (χ4n) is 6.47. The molecule has 0 bridgehead atoms. The Bertz CT molecular complexity index is 1370. The SMILES string of the molecule is COCC(COC)(COC)NC(=O)c1noc2c(F)c3c(cc12)CC1(C(=O)NC(=O)NC1=O)[C@H]1[C@H](C)O[C@H](C)CN31. The van der Waals surface area contributed by atoms with Gasteiger partial charge >= 0.3 is 6.03 Å². The van der Waals surface area contributed by atoms with E-state index in [4.69, 9.17) is 23.5 Å². The number of nitrogens with one attached hydrogen (secondary N) is 3. The van der Waals surface area contributed by atoms with E-state index in [1.807, 2.05) is 0 Å². The smallest absolute Gasteiger partial charge is 0.328 e. The minimum absolute atomic E-state index is 0.0376. The Morgan fingerprint density at radius 1 is 1.15 bits per heavy atom. The van der Waals surface area contributed by atoms with E-state index in [0.29, 0.717) is 0 Å². The molecule has 222 valence electrons. The predicted octanol–water partition coefficient (Wildman–Crippen LogP) is 0.265. The van der Waals surface area contributed by atoms with Crippen molar-refractivity contribution >= 4 is 40.4 Å². The highest BCUT2D eigenvalue weighted by Crippen LogP contribution is 2.49. The van der Waals surface area contributed by atoms with Crippen LogP contribution in [0.25, 0.3) is 11.0 Å². The number of ether oxygens (including phenoxy) is 4. The first-order chi connectivity index (χ1) is 19.5. The van der Waals surface area contributed by atoms with Crippen molar-refractivity contribution in [2.45, 2.75) is 44.1 Å². The van der Waals surface area contributed by atoms with Crippen molar-refractivity contribution in [3.05, 3.63) is 23.1 Å². The van der Waals surface area contributed by atoms with Gasteiger partial charge in [0.2, 0.25) is 17.4 Å². The number of rotatable bonds is 8. The van der Waals surface area contributed by atoms with Crippen LogP contribution in [0.4, 0.5) is 14.9 Å². The Labute approximate surface area is 234 Å². The summed E-state index contributed by atoms with van der Waals surface area (Å²) in [6.07, 6.45) is -1.32. The minimum atomic E-state index is -1.81. The molecule has 3 atom stereocenters. The molecule has 2 fully saturated rings. The number of benzene rings is 1. The van der Waals surface area contributed by atoms with Gasteiger partial charge in [0, 0.05) is 34.3 Å². The van der Waals surface area contributed by atoms with Crippen LogP contribution in [0.2, 0.25) is 0 Å². The number of carbonyl (C=O) groups excluding carboxylic acids is 4. The molecule has 0 radical (unpaired) electrons. The van der Waals surface area contributed by atoms with E-state index >= 15 is 4.39 Å². The van der Waals surface area contributed by atoms with Crippen molar-refractivity contribution in [3.63, 3.8) is 0 Å². The second-order valence-electron chi connectivity index (χ2n) is 10.8. The van der Waals surface area contributed by atoms with Crippen molar-refractivity contribution in [3.8, 4) is 0 Å². The summed E-state index contributed by atoms with van der Waals surface area (Å²) in [6.45, 7) is 3.75. The third-order valence-corrected chi connectivity index (χ3v) is 7.82. The van der Waals surface area contributed by atoms with E-state index in [0.717, 1.165) is 0 Å². The van der Waals surface area contributed by atoms with Gasteiger partial charge in [-0.2, -0.15) is 0 Å². The molecule has 41 heavy (non-hydrogen) atoms. The van der Waals surface area contributed by atoms with E-state index in [9.17, 15) is 19.2 Å². The molecular weight excluding hydrogens is 545 g/mol. The van der Waals surface area contributed by atoms with E-state index in [1.54, 1.807) is 18.7 Å². The van der Waals surface area contributed by atoms with Crippen LogP contribution < -0.4 is 20.9 Å². The molecule has 1 aromatic carbocycles. The summed E-state index contributed by atoms with van der Waals surface area (Å²) in [5, 5.41) is 11.1. The fraction of sp³-hybridized carbons (Fsp3) is 0.577. The lowest BCUT2D eigenvalue weighted by molar-refractivity contribution is -0.153. The molecule has 1 spiro atoms. The minimum Gasteiger partial charge on any atom is -0.382 e. The zero-order valence-electron chi connectivity index (χ0n) is 23.3. The first kappa shape index (κ1) is 28.9. The van der Waals surface area contributed by atoms with Gasteiger partial charge in [0.15, 0.2) is 16.9 Å². The Balaban J connectivity index is 1.64. The van der Waals surface area contributed by atoms with Gasteiger partial charge in [0.05, 0.1) is 49.1 Å². The number of urea groups is 1. The summed E-state index contributed by atoms with van der Waals surface area (Å²) in [4.78, 5) is 53.8. The van der Waals surface area contributed by atoms with E-state index < -0.39 is 52.7 Å². The van der Waals surface area contributed by atoms with Gasteiger partial charge in [-0.25, -0.2) is 9.18 Å². The number of anilines is 1. The van der Waals surface area contributed by atoms with Gasteiger partial charge in [-0.3, -0.25) is 25.0 Å². The van der Waals surface area contributed by atoms with Crippen molar-refractivity contribution in [1.82, 2.24) is 21.1 Å². The van der Waals surface area contributed by atoms with Crippen molar-refractivity contribution in [2.24, 2.45) is 5.41 Å². The number of barbiturate groups is 1. The van der Waals surface area contributed by atoms with Gasteiger partial charge in [0.25, 0.3) is 5.91 Å². The maximum absolute atomic E-state index is 16.3. The Morgan fingerprint density at radius 2 is 1.76 bits per heavy atom. The van der Waals surface area contributed by atoms with Crippen LogP contribution in [-0.4, -0.2) is 100 Å². The highest BCUT2D eigenvalue weighted by atomic mass is 19.1. The number of methoxy groups -OCH3 is 3. The summed E-state index contributed by atoms with van der Waals surface area (Å²) in [7, 11) is 4.38. The second-order valence-corrected chi connectivity index (χ2v) is 10.8. The lowest BCUT2D eigenvalue weighted by atomic mass is 9.66. The molecule has 2 aromatic rings. The third kappa shape index (κ3) is 4.52. The first-order valence-electron chi connectivity index (χ1n) is 13.0. The number of carbonyl (C=O) groups is 4. The molecule has 0 aliphatic carbocycles. The van der Waals surface area contributed by atoms with Crippen molar-refractivity contribution in [2.75, 3.05) is 52.6 Å². The average Bonchev–Trinajstić information content (AvgIpc) is 3.31. The highest BCUT2D eigenvalue weighted by molar-refractivity contribution is 6.20. The third-order valence-electron chi connectivity index (χ3n) is 7.82. The Hall–Kier alpha value is -3.66. The summed E-state index contributed by atoms with van der Waals surface area (Å²) in [5.41, 5.74) is -3.01. The number of hydrogen-bond donors (Lipinski definition) is 3. The van der Waals surface area contributed by atoms with Gasteiger partial charge in [-0.05, 0) is 25.5 Å². The van der Waals surface area contributed by atoms with Crippen LogP contribution in [-0.2, 0) is 35.0 Å². The Morgan fingerprint density at radius 3 is 2.34 bits per heavy atom. The van der Waals surface area contributed by atoms with E-state index in [2.05, 4.69) is 21.1 Å². The molecule has 3 aliphatic rings. The number of halogens is 1. The van der Waals surface area contributed by atoms with Gasteiger partial charge in [0.1, 0.15) is 5.54 Å². The number of hydrogen-bond acceptors (Lipinski definition) is 11. The van der Waals surface area contributed by atoms with Crippen molar-refractivity contribution < 1.29 is 47.0 Å². The van der Waals surface area contributed by atoms with E-state index in [-0.39, 0.29) is 66.8 Å². The zero-order chi connectivity index (χ0) is 29.7. The zero-order valence-corrected chi connectivity index (χ0v) is 23.3. The van der Waals surface area contributed by atoms with Gasteiger partial charge < -0.3 is 33.7 Å². The maximum Gasteiger partial charge on any atom is 0.328 e. The van der Waals surface area contributed by atoms with Crippen molar-refractivity contribution in [1.29, 1.82) is 0 Å². The summed E-state index contributed by atoms with van der Waals surface area (Å²) < 4.78 is 43.4. The van der Waals surface area contributed by atoms with Crippen LogP contribution in [0.3, 0.4) is 0 Å². The standard InChI is InChI=1S/C26H32FN5O9/c1-12-8-32-18-14(7-26(20(32)13(2)40-12)22(34)28-24(36)29-23(26)35)6-15-17(31-41-19(15)16(18)27)21(33)30-25(9-37-3,10-38-4)11-39-5/h6,12-13,20H,7-11H2,1-5H3,(H,30,33)(H2,28,29,34,35,36)/t12-,13+,20-/m1/s1. The highest BCUT2D eigenvalue weighted by Gasteiger charge is 2.63. The lowest BCUT2D eigenvalue weighted by Gasteiger charge is -2.55. The summed E-state index contributed by atoms with van der Waals surface area (Å²) in [6, 6.07) is -0.384. The second kappa shape index (κ2) is 10.6. The first-order valence-corrected chi connectivity index (χ1v) is 13.0. The molecule has 1 aromatic heterocycles. The predicted molar refractivity (Wildman–Crippen MR) is 139 cm³/mol. The van der Waals surface area contributed by atoms with Crippen LogP contribution >= 0.6 is 0 Å². The molecule has 2 saturated heterocycles. The summed E-state index contributed by atoms with van der Waals surface area (Å²) >= 11 is 0. The number of amides is 5.